The number of ether oxygens (including phenoxy) is 1. The molecular weight excluding hydrogens is 322 g/mol. The number of rotatable bonds is 7. The van der Waals surface area contributed by atoms with Crippen molar-refractivity contribution in [2.45, 2.75) is 46.1 Å². The average Bonchev–Trinajstić information content (AvgIpc) is 3.15. The van der Waals surface area contributed by atoms with E-state index in [-0.39, 0.29) is 5.60 Å². The van der Waals surface area contributed by atoms with Crippen LogP contribution >= 0.6 is 0 Å². The van der Waals surface area contributed by atoms with Gasteiger partial charge in [0.1, 0.15) is 0 Å². The molecule has 0 unspecified atom stereocenters. The van der Waals surface area contributed by atoms with Gasteiger partial charge in [-0.1, -0.05) is 36.4 Å². The third-order valence-electron chi connectivity index (χ3n) is 4.03. The van der Waals surface area contributed by atoms with Crippen LogP contribution in [0.25, 0.3) is 5.69 Å². The minimum absolute atomic E-state index is 0.114. The number of aromatic nitrogens is 2. The van der Waals surface area contributed by atoms with Gasteiger partial charge in [-0.3, -0.25) is 0 Å². The molecule has 4 heteroatoms. The maximum Gasteiger partial charge on any atom is 0.0724 e. The Balaban J connectivity index is 1.50. The smallest absolute Gasteiger partial charge is 0.0724 e. The van der Waals surface area contributed by atoms with Crippen molar-refractivity contribution in [2.24, 2.45) is 0 Å². The Morgan fingerprint density at radius 3 is 2.35 bits per heavy atom. The van der Waals surface area contributed by atoms with Crippen LogP contribution in [0.5, 0.6) is 0 Å². The van der Waals surface area contributed by atoms with Crippen molar-refractivity contribution in [3.05, 3.63) is 83.7 Å². The summed E-state index contributed by atoms with van der Waals surface area (Å²) in [4.78, 5) is 0. The van der Waals surface area contributed by atoms with Crippen LogP contribution in [0.2, 0.25) is 0 Å². The van der Waals surface area contributed by atoms with Crippen molar-refractivity contribution < 1.29 is 4.74 Å². The summed E-state index contributed by atoms with van der Waals surface area (Å²) in [6.07, 6.45) is 3.74. The first-order chi connectivity index (χ1) is 12.5. The molecule has 0 saturated heterocycles. The molecule has 0 bridgehead atoms. The first-order valence-corrected chi connectivity index (χ1v) is 9.01. The average molecular weight is 349 g/mol. The summed E-state index contributed by atoms with van der Waals surface area (Å²) in [5, 5.41) is 7.76. The molecule has 3 aromatic rings. The Hall–Kier alpha value is -2.43. The molecule has 0 aliphatic rings. The summed E-state index contributed by atoms with van der Waals surface area (Å²) in [6, 6.07) is 18.9. The zero-order valence-corrected chi connectivity index (χ0v) is 15.8. The fourth-order valence-corrected chi connectivity index (χ4v) is 2.67. The molecule has 2 aromatic carbocycles. The molecule has 1 heterocycles. The van der Waals surface area contributed by atoms with Crippen molar-refractivity contribution in [3.8, 4) is 5.69 Å². The first-order valence-electron chi connectivity index (χ1n) is 9.01. The van der Waals surface area contributed by atoms with E-state index >= 15 is 0 Å². The lowest BCUT2D eigenvalue weighted by Gasteiger charge is -2.19. The Kier molecular flexibility index (Phi) is 5.86. The van der Waals surface area contributed by atoms with Gasteiger partial charge in [0.15, 0.2) is 0 Å². The van der Waals surface area contributed by atoms with Gasteiger partial charge in [0.05, 0.1) is 17.9 Å². The Morgan fingerprint density at radius 2 is 1.65 bits per heavy atom. The van der Waals surface area contributed by atoms with E-state index in [0.717, 1.165) is 18.8 Å². The summed E-state index contributed by atoms with van der Waals surface area (Å²) >= 11 is 0. The van der Waals surface area contributed by atoms with E-state index in [4.69, 9.17) is 4.74 Å². The van der Waals surface area contributed by atoms with Crippen LogP contribution in [0.15, 0.2) is 67.0 Å². The highest BCUT2D eigenvalue weighted by molar-refractivity contribution is 5.33. The zero-order chi connectivity index (χ0) is 18.4. The summed E-state index contributed by atoms with van der Waals surface area (Å²) in [5.74, 6) is 0. The minimum atomic E-state index is -0.114. The molecule has 0 saturated carbocycles. The zero-order valence-electron chi connectivity index (χ0n) is 15.8. The molecule has 0 radical (unpaired) electrons. The van der Waals surface area contributed by atoms with E-state index in [1.54, 1.807) is 6.20 Å². The van der Waals surface area contributed by atoms with Crippen LogP contribution in [0.3, 0.4) is 0 Å². The molecule has 3 rings (SSSR count). The van der Waals surface area contributed by atoms with Gasteiger partial charge in [0.2, 0.25) is 0 Å². The van der Waals surface area contributed by atoms with Gasteiger partial charge in [-0.25, -0.2) is 4.68 Å². The van der Waals surface area contributed by atoms with Gasteiger partial charge in [-0.05, 0) is 55.7 Å². The van der Waals surface area contributed by atoms with Gasteiger partial charge in [0, 0.05) is 25.5 Å². The molecule has 0 spiro atoms. The highest BCUT2D eigenvalue weighted by Crippen LogP contribution is 2.13. The normalized spacial score (nSPS) is 11.7. The van der Waals surface area contributed by atoms with Crippen LogP contribution in [0, 0.1) is 0 Å². The fraction of sp³-hybridized carbons (Fsp3) is 0.318. The van der Waals surface area contributed by atoms with E-state index in [2.05, 4.69) is 79.7 Å². The van der Waals surface area contributed by atoms with Crippen molar-refractivity contribution >= 4 is 0 Å². The maximum absolute atomic E-state index is 5.86. The summed E-state index contributed by atoms with van der Waals surface area (Å²) < 4.78 is 7.72. The SMILES string of the molecule is CC(C)(C)OCc1cccc(CNCc2ccc(-n3cccn3)cc2)c1. The quantitative estimate of drug-likeness (QED) is 0.684. The van der Waals surface area contributed by atoms with Crippen molar-refractivity contribution in [1.82, 2.24) is 15.1 Å². The summed E-state index contributed by atoms with van der Waals surface area (Å²) in [7, 11) is 0. The number of nitrogens with one attached hydrogen (secondary N) is 1. The number of nitrogens with zero attached hydrogens (tertiary/aromatic N) is 2. The molecule has 0 fully saturated rings. The maximum atomic E-state index is 5.86. The molecule has 0 atom stereocenters. The molecule has 1 aromatic heterocycles. The van der Waals surface area contributed by atoms with Gasteiger partial charge in [-0.15, -0.1) is 0 Å². The van der Waals surface area contributed by atoms with E-state index < -0.39 is 0 Å². The highest BCUT2D eigenvalue weighted by Gasteiger charge is 2.10. The Morgan fingerprint density at radius 1 is 0.923 bits per heavy atom. The molecule has 136 valence electrons. The molecule has 0 aliphatic heterocycles. The third-order valence-corrected chi connectivity index (χ3v) is 4.03. The monoisotopic (exact) mass is 349 g/mol. The van der Waals surface area contributed by atoms with Crippen LogP contribution in [-0.4, -0.2) is 15.4 Å². The van der Waals surface area contributed by atoms with Crippen molar-refractivity contribution in [1.29, 1.82) is 0 Å². The van der Waals surface area contributed by atoms with Gasteiger partial charge in [-0.2, -0.15) is 5.10 Å². The molecule has 26 heavy (non-hydrogen) atoms. The second-order valence-corrected chi connectivity index (χ2v) is 7.44. The fourth-order valence-electron chi connectivity index (χ4n) is 2.67. The van der Waals surface area contributed by atoms with Gasteiger partial charge < -0.3 is 10.1 Å². The Labute approximate surface area is 155 Å². The third kappa shape index (κ3) is 5.55. The van der Waals surface area contributed by atoms with Gasteiger partial charge >= 0.3 is 0 Å². The second-order valence-electron chi connectivity index (χ2n) is 7.44. The van der Waals surface area contributed by atoms with Crippen LogP contribution in [0.4, 0.5) is 0 Å². The Bertz CT molecular complexity index is 802. The number of benzene rings is 2. The summed E-state index contributed by atoms with van der Waals surface area (Å²) in [6.45, 7) is 8.56. The number of hydrogen-bond acceptors (Lipinski definition) is 3. The topological polar surface area (TPSA) is 39.1 Å². The van der Waals surface area contributed by atoms with E-state index in [0.29, 0.717) is 6.61 Å². The lowest BCUT2D eigenvalue weighted by molar-refractivity contribution is -0.0149. The molecule has 0 amide bonds. The van der Waals surface area contributed by atoms with E-state index in [1.807, 2.05) is 16.9 Å². The number of hydrogen-bond donors (Lipinski definition) is 1. The minimum Gasteiger partial charge on any atom is -0.371 e. The van der Waals surface area contributed by atoms with E-state index in [9.17, 15) is 0 Å². The molecule has 0 aliphatic carbocycles. The second kappa shape index (κ2) is 8.30. The summed E-state index contributed by atoms with van der Waals surface area (Å²) in [5.41, 5.74) is 4.70. The van der Waals surface area contributed by atoms with Crippen molar-refractivity contribution in [3.63, 3.8) is 0 Å². The van der Waals surface area contributed by atoms with E-state index in [1.165, 1.54) is 16.7 Å². The first kappa shape index (κ1) is 18.4. The molecule has 1 N–H and O–H groups in total. The lowest BCUT2D eigenvalue weighted by atomic mass is 10.1. The standard InChI is InChI=1S/C22H27N3O/c1-22(2,3)26-17-20-7-4-6-19(14-20)16-23-15-18-8-10-21(11-9-18)25-13-5-12-24-25/h4-14,23H,15-17H2,1-3H3. The van der Waals surface area contributed by atoms with Crippen molar-refractivity contribution in [2.75, 3.05) is 0 Å². The highest BCUT2D eigenvalue weighted by atomic mass is 16.5. The molecular formula is C22H27N3O. The van der Waals surface area contributed by atoms with Crippen LogP contribution in [0.1, 0.15) is 37.5 Å². The predicted octanol–water partition coefficient (Wildman–Crippen LogP) is 4.48. The molecule has 4 nitrogen and oxygen atoms in total. The predicted molar refractivity (Wildman–Crippen MR) is 105 cm³/mol. The largest absolute Gasteiger partial charge is 0.371 e. The van der Waals surface area contributed by atoms with Crippen LogP contribution < -0.4 is 5.32 Å². The van der Waals surface area contributed by atoms with Crippen LogP contribution in [-0.2, 0) is 24.4 Å². The van der Waals surface area contributed by atoms with Gasteiger partial charge in [0.25, 0.3) is 0 Å². The lowest BCUT2D eigenvalue weighted by Crippen LogP contribution is -2.18.